The van der Waals surface area contributed by atoms with Gasteiger partial charge in [-0.15, -0.1) is 0 Å². The summed E-state index contributed by atoms with van der Waals surface area (Å²) in [7, 11) is 0. The molecule has 7 nitrogen and oxygen atoms in total. The zero-order chi connectivity index (χ0) is 20.0. The fourth-order valence-electron chi connectivity index (χ4n) is 4.25. The van der Waals surface area contributed by atoms with Crippen molar-refractivity contribution in [2.24, 2.45) is 0 Å². The van der Waals surface area contributed by atoms with Crippen LogP contribution in [0.5, 0.6) is 11.5 Å². The SMILES string of the molecule is O=C(O)c1cnc2ccc(N3CCCCC3c3cc(F)cc4c3OCCO4)cn12. The molecule has 0 bridgehead atoms. The Balaban J connectivity index is 1.60. The summed E-state index contributed by atoms with van der Waals surface area (Å²) < 4.78 is 27.3. The van der Waals surface area contributed by atoms with Crippen molar-refractivity contribution in [1.29, 1.82) is 0 Å². The molecule has 1 aromatic carbocycles. The number of aromatic nitrogens is 2. The molecule has 0 radical (unpaired) electrons. The number of benzene rings is 1. The molecule has 1 saturated heterocycles. The van der Waals surface area contributed by atoms with Gasteiger partial charge in [0.15, 0.2) is 17.2 Å². The molecule has 2 aliphatic rings. The van der Waals surface area contributed by atoms with E-state index in [1.807, 2.05) is 6.07 Å². The topological polar surface area (TPSA) is 76.3 Å². The van der Waals surface area contributed by atoms with Gasteiger partial charge in [-0.05, 0) is 37.5 Å². The molecule has 1 unspecified atom stereocenters. The summed E-state index contributed by atoms with van der Waals surface area (Å²) in [6.07, 6.45) is 5.99. The molecular formula is C21H20FN3O4. The number of halogens is 1. The minimum atomic E-state index is -1.03. The van der Waals surface area contributed by atoms with Crippen LogP contribution in [-0.4, -0.2) is 40.2 Å². The number of fused-ring (bicyclic) bond motifs is 2. The van der Waals surface area contributed by atoms with Crippen molar-refractivity contribution >= 4 is 17.3 Å². The Bertz CT molecular complexity index is 1100. The molecule has 5 rings (SSSR count). The lowest BCUT2D eigenvalue weighted by molar-refractivity contribution is 0.0689. The highest BCUT2D eigenvalue weighted by atomic mass is 19.1. The van der Waals surface area contributed by atoms with E-state index < -0.39 is 5.97 Å². The third-order valence-corrected chi connectivity index (χ3v) is 5.54. The molecule has 1 N–H and O–H groups in total. The number of hydrogen-bond acceptors (Lipinski definition) is 5. The average molecular weight is 397 g/mol. The zero-order valence-corrected chi connectivity index (χ0v) is 15.7. The second-order valence-electron chi connectivity index (χ2n) is 7.29. The van der Waals surface area contributed by atoms with E-state index in [0.29, 0.717) is 30.4 Å². The summed E-state index contributed by atoms with van der Waals surface area (Å²) in [5.41, 5.74) is 2.30. The second-order valence-corrected chi connectivity index (χ2v) is 7.29. The number of hydrogen-bond donors (Lipinski definition) is 1. The lowest BCUT2D eigenvalue weighted by atomic mass is 9.93. The second kappa shape index (κ2) is 6.95. The molecule has 150 valence electrons. The maximum atomic E-state index is 14.3. The number of pyridine rings is 1. The Hall–Kier alpha value is -3.29. The van der Waals surface area contributed by atoms with E-state index in [-0.39, 0.29) is 17.6 Å². The largest absolute Gasteiger partial charge is 0.486 e. The molecule has 0 spiro atoms. The van der Waals surface area contributed by atoms with Crippen LogP contribution in [0, 0.1) is 5.82 Å². The van der Waals surface area contributed by atoms with E-state index in [1.54, 1.807) is 16.7 Å². The summed E-state index contributed by atoms with van der Waals surface area (Å²) in [5.74, 6) is -0.345. The van der Waals surface area contributed by atoms with E-state index >= 15 is 0 Å². The van der Waals surface area contributed by atoms with Crippen molar-refractivity contribution in [2.45, 2.75) is 25.3 Å². The van der Waals surface area contributed by atoms with Crippen LogP contribution in [0.4, 0.5) is 10.1 Å². The molecule has 2 aliphatic heterocycles. The first-order valence-electron chi connectivity index (χ1n) is 9.68. The number of aromatic carboxylic acids is 1. The van der Waals surface area contributed by atoms with Crippen LogP contribution in [0.1, 0.15) is 41.4 Å². The predicted molar refractivity (Wildman–Crippen MR) is 103 cm³/mol. The summed E-state index contributed by atoms with van der Waals surface area (Å²) in [4.78, 5) is 17.8. The maximum absolute atomic E-state index is 14.3. The molecular weight excluding hydrogens is 377 g/mol. The Morgan fingerprint density at radius 3 is 2.93 bits per heavy atom. The van der Waals surface area contributed by atoms with Gasteiger partial charge >= 0.3 is 5.97 Å². The van der Waals surface area contributed by atoms with Crippen molar-refractivity contribution in [3.8, 4) is 11.5 Å². The molecule has 8 heteroatoms. The number of rotatable bonds is 3. The van der Waals surface area contributed by atoms with E-state index in [1.165, 1.54) is 18.3 Å². The average Bonchev–Trinajstić information content (AvgIpc) is 3.16. The summed E-state index contributed by atoms with van der Waals surface area (Å²) in [6.45, 7) is 1.61. The summed E-state index contributed by atoms with van der Waals surface area (Å²) >= 11 is 0. The highest BCUT2D eigenvalue weighted by molar-refractivity contribution is 5.86. The van der Waals surface area contributed by atoms with Crippen molar-refractivity contribution in [3.05, 3.63) is 53.7 Å². The van der Waals surface area contributed by atoms with E-state index in [0.717, 1.165) is 37.1 Å². The Kier molecular flexibility index (Phi) is 4.26. The minimum Gasteiger partial charge on any atom is -0.486 e. The van der Waals surface area contributed by atoms with Gasteiger partial charge in [-0.3, -0.25) is 4.40 Å². The zero-order valence-electron chi connectivity index (χ0n) is 15.7. The van der Waals surface area contributed by atoms with E-state index in [2.05, 4.69) is 9.88 Å². The van der Waals surface area contributed by atoms with Crippen LogP contribution < -0.4 is 14.4 Å². The van der Waals surface area contributed by atoms with Gasteiger partial charge in [0.1, 0.15) is 24.7 Å². The molecule has 0 amide bonds. The molecule has 0 aliphatic carbocycles. The normalized spacial score (nSPS) is 18.8. The summed E-state index contributed by atoms with van der Waals surface area (Å²) in [5, 5.41) is 9.42. The van der Waals surface area contributed by atoms with Crippen molar-refractivity contribution in [1.82, 2.24) is 9.38 Å². The first kappa shape index (κ1) is 17.8. The van der Waals surface area contributed by atoms with Gasteiger partial charge < -0.3 is 19.5 Å². The third kappa shape index (κ3) is 3.04. The Morgan fingerprint density at radius 2 is 2.07 bits per heavy atom. The van der Waals surface area contributed by atoms with Crippen molar-refractivity contribution < 1.29 is 23.8 Å². The molecule has 2 aromatic heterocycles. The van der Waals surface area contributed by atoms with Crippen molar-refractivity contribution in [2.75, 3.05) is 24.7 Å². The van der Waals surface area contributed by atoms with Crippen LogP contribution in [-0.2, 0) is 0 Å². The Morgan fingerprint density at radius 1 is 1.21 bits per heavy atom. The fraction of sp³-hybridized carbons (Fsp3) is 0.333. The number of carboxylic acid groups (broad SMARTS) is 1. The van der Waals surface area contributed by atoms with Gasteiger partial charge in [-0.1, -0.05) is 0 Å². The first-order valence-corrected chi connectivity index (χ1v) is 9.68. The third-order valence-electron chi connectivity index (χ3n) is 5.54. The number of nitrogens with zero attached hydrogens (tertiary/aromatic N) is 3. The number of piperidine rings is 1. The van der Waals surface area contributed by atoms with Gasteiger partial charge in [-0.2, -0.15) is 0 Å². The highest BCUT2D eigenvalue weighted by Gasteiger charge is 2.30. The number of anilines is 1. The van der Waals surface area contributed by atoms with Gasteiger partial charge in [0, 0.05) is 24.4 Å². The number of carboxylic acids is 1. The smallest absolute Gasteiger partial charge is 0.354 e. The van der Waals surface area contributed by atoms with E-state index in [9.17, 15) is 14.3 Å². The van der Waals surface area contributed by atoms with Crippen LogP contribution in [0.15, 0.2) is 36.7 Å². The minimum absolute atomic E-state index is 0.0934. The first-order chi connectivity index (χ1) is 14.1. The monoisotopic (exact) mass is 397 g/mol. The van der Waals surface area contributed by atoms with Gasteiger partial charge in [0.2, 0.25) is 0 Å². The van der Waals surface area contributed by atoms with Crippen molar-refractivity contribution in [3.63, 3.8) is 0 Å². The number of imidazole rings is 1. The molecule has 3 aromatic rings. The van der Waals surface area contributed by atoms with Crippen LogP contribution in [0.3, 0.4) is 0 Å². The standard InChI is InChI=1S/C21H20FN3O4/c22-13-9-15(20-18(10-13)28-7-8-29-20)16-3-1-2-6-24(16)14-4-5-19-23-11-17(21(26)27)25(19)12-14/h4-5,9-12,16H,1-3,6-8H2,(H,26,27). The number of ether oxygens (including phenoxy) is 2. The quantitative estimate of drug-likeness (QED) is 0.727. The maximum Gasteiger partial charge on any atom is 0.354 e. The molecule has 1 fully saturated rings. The molecule has 4 heterocycles. The van der Waals surface area contributed by atoms with Gasteiger partial charge in [0.05, 0.1) is 17.9 Å². The Labute approximate surface area is 166 Å². The van der Waals surface area contributed by atoms with Crippen LogP contribution in [0.2, 0.25) is 0 Å². The fourth-order valence-corrected chi connectivity index (χ4v) is 4.25. The highest BCUT2D eigenvalue weighted by Crippen LogP contribution is 2.44. The number of carbonyl (C=O) groups is 1. The van der Waals surface area contributed by atoms with E-state index in [4.69, 9.17) is 9.47 Å². The van der Waals surface area contributed by atoms with Gasteiger partial charge in [-0.25, -0.2) is 14.2 Å². The lowest BCUT2D eigenvalue weighted by Crippen LogP contribution is -2.34. The predicted octanol–water partition coefficient (Wildman–Crippen LogP) is 3.67. The van der Waals surface area contributed by atoms with Gasteiger partial charge in [0.25, 0.3) is 0 Å². The van der Waals surface area contributed by atoms with Crippen LogP contribution in [0.25, 0.3) is 5.65 Å². The molecule has 1 atom stereocenters. The van der Waals surface area contributed by atoms with Crippen LogP contribution >= 0.6 is 0 Å². The summed E-state index contributed by atoms with van der Waals surface area (Å²) in [6, 6.07) is 6.52. The molecule has 29 heavy (non-hydrogen) atoms. The molecule has 0 saturated carbocycles. The lowest BCUT2D eigenvalue weighted by Gasteiger charge is -2.39.